The van der Waals surface area contributed by atoms with Crippen molar-refractivity contribution in [3.8, 4) is 0 Å². The predicted molar refractivity (Wildman–Crippen MR) is 94.0 cm³/mol. The molecule has 0 aliphatic carbocycles. The first kappa shape index (κ1) is 15.8. The molecule has 2 aromatic heterocycles. The minimum absolute atomic E-state index is 0.145. The fourth-order valence-corrected chi connectivity index (χ4v) is 4.79. The quantitative estimate of drug-likeness (QED) is 0.860. The summed E-state index contributed by atoms with van der Waals surface area (Å²) in [6, 6.07) is 6.17. The van der Waals surface area contributed by atoms with E-state index >= 15 is 0 Å². The Kier molecular flexibility index (Phi) is 4.37. The number of aryl methyl sites for hydroxylation is 1. The summed E-state index contributed by atoms with van der Waals surface area (Å²) in [6.07, 6.45) is 7.78. The topological polar surface area (TPSA) is 42.4 Å². The molecule has 2 aromatic rings. The van der Waals surface area contributed by atoms with Crippen LogP contribution < -0.4 is 0 Å². The molecule has 4 heterocycles. The van der Waals surface area contributed by atoms with Gasteiger partial charge < -0.3 is 9.64 Å². The molecule has 126 valence electrons. The Morgan fingerprint density at radius 2 is 2.21 bits per heavy atom. The monoisotopic (exact) mass is 342 g/mol. The van der Waals surface area contributed by atoms with Crippen LogP contribution in [-0.2, 0) is 28.0 Å². The van der Waals surface area contributed by atoms with Gasteiger partial charge in [-0.1, -0.05) is 6.07 Å². The van der Waals surface area contributed by atoms with Crippen molar-refractivity contribution >= 4 is 17.2 Å². The van der Waals surface area contributed by atoms with Gasteiger partial charge in [0.2, 0.25) is 5.91 Å². The molecular formula is C19H22N2O2S. The highest BCUT2D eigenvalue weighted by Crippen LogP contribution is 2.43. The van der Waals surface area contributed by atoms with Gasteiger partial charge in [0.25, 0.3) is 0 Å². The Labute approximate surface area is 146 Å². The summed E-state index contributed by atoms with van der Waals surface area (Å²) >= 11 is 1.84. The summed E-state index contributed by atoms with van der Waals surface area (Å²) in [5, 5.41) is 2.17. The number of likely N-dealkylation sites (tertiary alicyclic amines) is 1. The van der Waals surface area contributed by atoms with Crippen LogP contribution in [0.2, 0.25) is 0 Å². The van der Waals surface area contributed by atoms with Gasteiger partial charge in [-0.2, -0.15) is 0 Å². The third kappa shape index (κ3) is 2.98. The van der Waals surface area contributed by atoms with E-state index in [0.29, 0.717) is 6.42 Å². The second-order valence-corrected chi connectivity index (χ2v) is 7.59. The number of aromatic nitrogens is 1. The lowest BCUT2D eigenvalue weighted by molar-refractivity contribution is -0.140. The van der Waals surface area contributed by atoms with E-state index < -0.39 is 0 Å². The van der Waals surface area contributed by atoms with Crippen LogP contribution >= 0.6 is 11.3 Å². The molecule has 1 amide bonds. The van der Waals surface area contributed by atoms with Crippen molar-refractivity contribution in [2.45, 2.75) is 37.7 Å². The highest BCUT2D eigenvalue weighted by Gasteiger charge is 2.41. The number of rotatable bonds is 3. The lowest BCUT2D eigenvalue weighted by Crippen LogP contribution is -2.48. The van der Waals surface area contributed by atoms with Crippen molar-refractivity contribution in [1.82, 2.24) is 9.88 Å². The Morgan fingerprint density at radius 1 is 1.33 bits per heavy atom. The first-order valence-electron chi connectivity index (χ1n) is 8.64. The van der Waals surface area contributed by atoms with Crippen LogP contribution in [0.25, 0.3) is 0 Å². The van der Waals surface area contributed by atoms with Crippen molar-refractivity contribution in [3.05, 3.63) is 52.0 Å². The molecule has 4 rings (SSSR count). The Morgan fingerprint density at radius 3 is 3.00 bits per heavy atom. The minimum atomic E-state index is -0.145. The molecule has 0 radical (unpaired) electrons. The fraction of sp³-hybridized carbons (Fsp3) is 0.474. The number of hydrogen-bond acceptors (Lipinski definition) is 4. The van der Waals surface area contributed by atoms with Crippen LogP contribution in [0.1, 0.15) is 35.3 Å². The second kappa shape index (κ2) is 6.65. The van der Waals surface area contributed by atoms with E-state index in [9.17, 15) is 4.79 Å². The summed E-state index contributed by atoms with van der Waals surface area (Å²) in [4.78, 5) is 20.1. The molecular weight excluding hydrogens is 320 g/mol. The number of amides is 1. The van der Waals surface area contributed by atoms with Crippen LogP contribution in [0.5, 0.6) is 0 Å². The highest BCUT2D eigenvalue weighted by molar-refractivity contribution is 7.10. The van der Waals surface area contributed by atoms with E-state index in [1.54, 1.807) is 6.20 Å². The van der Waals surface area contributed by atoms with Gasteiger partial charge in [0.1, 0.15) is 0 Å². The number of nitrogens with zero attached hydrogens (tertiary/aromatic N) is 2. The maximum absolute atomic E-state index is 12.5. The molecule has 24 heavy (non-hydrogen) atoms. The number of hydrogen-bond donors (Lipinski definition) is 0. The van der Waals surface area contributed by atoms with Crippen molar-refractivity contribution in [2.24, 2.45) is 0 Å². The molecule has 0 saturated carbocycles. The maximum Gasteiger partial charge on any atom is 0.222 e. The van der Waals surface area contributed by atoms with Crippen molar-refractivity contribution in [2.75, 3.05) is 19.7 Å². The van der Waals surface area contributed by atoms with Crippen LogP contribution in [0.4, 0.5) is 0 Å². The first-order valence-corrected chi connectivity index (χ1v) is 9.52. The third-order valence-electron chi connectivity index (χ3n) is 5.22. The summed E-state index contributed by atoms with van der Waals surface area (Å²) in [5.74, 6) is 0.245. The highest BCUT2D eigenvalue weighted by atomic mass is 32.1. The number of ether oxygens (including phenoxy) is 1. The molecule has 1 fully saturated rings. The summed E-state index contributed by atoms with van der Waals surface area (Å²) in [5.41, 5.74) is 2.35. The van der Waals surface area contributed by atoms with E-state index in [4.69, 9.17) is 4.74 Å². The van der Waals surface area contributed by atoms with Gasteiger partial charge in [-0.3, -0.25) is 9.78 Å². The average molecular weight is 342 g/mol. The zero-order valence-corrected chi connectivity index (χ0v) is 14.6. The van der Waals surface area contributed by atoms with E-state index in [1.165, 1.54) is 10.4 Å². The van der Waals surface area contributed by atoms with Gasteiger partial charge in [0, 0.05) is 43.2 Å². The number of carbonyl (C=O) groups excluding carboxylic acids is 1. The number of pyridine rings is 1. The number of piperidine rings is 1. The van der Waals surface area contributed by atoms with Crippen LogP contribution in [0.3, 0.4) is 0 Å². The fourth-order valence-electron chi connectivity index (χ4n) is 3.84. The molecule has 1 saturated heterocycles. The van der Waals surface area contributed by atoms with Gasteiger partial charge in [0.05, 0.1) is 12.2 Å². The Bertz CT molecular complexity index is 705. The predicted octanol–water partition coefficient (Wildman–Crippen LogP) is 3.17. The van der Waals surface area contributed by atoms with Crippen LogP contribution in [-0.4, -0.2) is 35.5 Å². The molecule has 2 aliphatic rings. The molecule has 0 unspecified atom stereocenters. The van der Waals surface area contributed by atoms with Gasteiger partial charge in [0.15, 0.2) is 0 Å². The van der Waals surface area contributed by atoms with E-state index in [-0.39, 0.29) is 11.5 Å². The Balaban J connectivity index is 1.36. The number of carbonyl (C=O) groups is 1. The number of thiophene rings is 1. The van der Waals surface area contributed by atoms with Crippen molar-refractivity contribution in [3.63, 3.8) is 0 Å². The average Bonchev–Trinajstić information content (AvgIpc) is 3.12. The molecule has 2 aliphatic heterocycles. The second-order valence-electron chi connectivity index (χ2n) is 6.59. The van der Waals surface area contributed by atoms with Crippen LogP contribution in [0, 0.1) is 0 Å². The molecule has 0 aromatic carbocycles. The number of fused-ring (bicyclic) bond motifs is 2. The molecule has 0 atom stereocenters. The van der Waals surface area contributed by atoms with Crippen LogP contribution in [0.15, 0.2) is 36.0 Å². The molecule has 1 spiro atoms. The normalized spacial score (nSPS) is 19.2. The van der Waals surface area contributed by atoms with Gasteiger partial charge >= 0.3 is 0 Å². The summed E-state index contributed by atoms with van der Waals surface area (Å²) in [7, 11) is 0. The molecule has 4 nitrogen and oxygen atoms in total. The zero-order chi connectivity index (χ0) is 16.4. The lowest BCUT2D eigenvalue weighted by Gasteiger charge is -2.44. The Hall–Kier alpha value is -1.72. The minimum Gasteiger partial charge on any atom is -0.370 e. The standard InChI is InChI=1S/C19H22N2O2S/c22-18(4-3-15-2-1-9-20-14-15)21-10-7-19(8-11-21)16-6-13-24-17(16)5-12-23-19/h1-2,6,9,13-14H,3-5,7-8,10-12H2. The van der Waals surface area contributed by atoms with Gasteiger partial charge in [-0.05, 0) is 47.9 Å². The summed E-state index contributed by atoms with van der Waals surface area (Å²) in [6.45, 7) is 2.39. The first-order chi connectivity index (χ1) is 11.8. The van der Waals surface area contributed by atoms with Crippen molar-refractivity contribution < 1.29 is 9.53 Å². The summed E-state index contributed by atoms with van der Waals surface area (Å²) < 4.78 is 6.21. The van der Waals surface area contributed by atoms with E-state index in [1.807, 2.05) is 34.6 Å². The van der Waals surface area contributed by atoms with E-state index in [0.717, 1.165) is 50.9 Å². The van der Waals surface area contributed by atoms with Crippen molar-refractivity contribution in [1.29, 1.82) is 0 Å². The van der Waals surface area contributed by atoms with Gasteiger partial charge in [-0.15, -0.1) is 11.3 Å². The SMILES string of the molecule is O=C(CCc1cccnc1)N1CCC2(CC1)OCCc1sccc12. The zero-order valence-electron chi connectivity index (χ0n) is 13.7. The molecule has 0 N–H and O–H groups in total. The molecule has 0 bridgehead atoms. The lowest BCUT2D eigenvalue weighted by atomic mass is 9.82. The third-order valence-corrected chi connectivity index (χ3v) is 6.20. The van der Waals surface area contributed by atoms with E-state index in [2.05, 4.69) is 16.4 Å². The smallest absolute Gasteiger partial charge is 0.222 e. The maximum atomic E-state index is 12.5. The van der Waals surface area contributed by atoms with Gasteiger partial charge in [-0.25, -0.2) is 0 Å². The largest absolute Gasteiger partial charge is 0.370 e. The molecule has 5 heteroatoms.